The Bertz CT molecular complexity index is 879. The molecule has 2 aromatic rings. The number of ether oxygens (including phenoxy) is 1. The number of nitrogens with zero attached hydrogens (tertiary/aromatic N) is 1. The second kappa shape index (κ2) is 9.37. The minimum Gasteiger partial charge on any atom is -0.491 e. The lowest BCUT2D eigenvalue weighted by atomic mass is 9.90. The average Bonchev–Trinajstić information content (AvgIpc) is 2.73. The van der Waals surface area contributed by atoms with Gasteiger partial charge < -0.3 is 15.0 Å². The van der Waals surface area contributed by atoms with E-state index in [0.717, 1.165) is 0 Å². The first-order valence-electron chi connectivity index (χ1n) is 9.90. The van der Waals surface area contributed by atoms with E-state index in [1.165, 1.54) is 4.90 Å². The molecule has 3 rings (SSSR count). The molecule has 1 saturated heterocycles. The molecular weight excluding hydrogens is 368 g/mol. The highest BCUT2D eigenvalue weighted by molar-refractivity contribution is 6.39. The SMILES string of the molecule is CC(C)Oc1cccc(C(=O)C2CCCN(C(=O)C(=O)Nc3ccccc3)C2)c1. The first kappa shape index (κ1) is 20.6. The molecule has 0 spiro atoms. The van der Waals surface area contributed by atoms with Crippen molar-refractivity contribution < 1.29 is 19.1 Å². The normalized spacial score (nSPS) is 16.4. The molecule has 6 heteroatoms. The number of nitrogens with one attached hydrogen (secondary N) is 1. The van der Waals surface area contributed by atoms with Crippen molar-refractivity contribution in [2.75, 3.05) is 18.4 Å². The molecule has 1 unspecified atom stereocenters. The molecular formula is C23H26N2O4. The van der Waals surface area contributed by atoms with Crippen molar-refractivity contribution in [2.24, 2.45) is 5.92 Å². The summed E-state index contributed by atoms with van der Waals surface area (Å²) in [5, 5.41) is 2.61. The van der Waals surface area contributed by atoms with Gasteiger partial charge in [0.05, 0.1) is 6.10 Å². The van der Waals surface area contributed by atoms with E-state index in [4.69, 9.17) is 4.74 Å². The van der Waals surface area contributed by atoms with Crippen LogP contribution in [0.5, 0.6) is 5.75 Å². The molecule has 0 radical (unpaired) electrons. The summed E-state index contributed by atoms with van der Waals surface area (Å²) in [4.78, 5) is 39.3. The van der Waals surface area contributed by atoms with Gasteiger partial charge >= 0.3 is 11.8 Å². The maximum atomic E-state index is 13.0. The molecule has 1 fully saturated rings. The number of carbonyl (C=O) groups excluding carboxylic acids is 3. The molecule has 0 bridgehead atoms. The first-order valence-corrected chi connectivity index (χ1v) is 9.90. The van der Waals surface area contributed by atoms with Gasteiger partial charge in [-0.05, 0) is 51.0 Å². The van der Waals surface area contributed by atoms with Gasteiger partial charge in [-0.25, -0.2) is 0 Å². The molecule has 152 valence electrons. The minimum absolute atomic E-state index is 0.0197. The van der Waals surface area contributed by atoms with Crippen molar-refractivity contribution >= 4 is 23.3 Å². The lowest BCUT2D eigenvalue weighted by Crippen LogP contribution is -2.46. The number of Topliss-reactive ketones (excluding diaryl/α,β-unsaturated/α-hetero) is 1. The third-order valence-corrected chi connectivity index (χ3v) is 4.80. The number of piperidine rings is 1. The second-order valence-electron chi connectivity index (χ2n) is 7.47. The van der Waals surface area contributed by atoms with E-state index < -0.39 is 11.8 Å². The summed E-state index contributed by atoms with van der Waals surface area (Å²) in [6, 6.07) is 16.0. The van der Waals surface area contributed by atoms with E-state index in [9.17, 15) is 14.4 Å². The van der Waals surface area contributed by atoms with Gasteiger partial charge in [-0.3, -0.25) is 14.4 Å². The highest BCUT2D eigenvalue weighted by atomic mass is 16.5. The molecule has 2 aromatic carbocycles. The summed E-state index contributed by atoms with van der Waals surface area (Å²) in [5.74, 6) is -0.997. The first-order chi connectivity index (χ1) is 13.9. The van der Waals surface area contributed by atoms with E-state index in [1.807, 2.05) is 26.0 Å². The fourth-order valence-electron chi connectivity index (χ4n) is 3.46. The largest absolute Gasteiger partial charge is 0.491 e. The quantitative estimate of drug-likeness (QED) is 0.622. The lowest BCUT2D eigenvalue weighted by Gasteiger charge is -2.31. The van der Waals surface area contributed by atoms with Crippen molar-refractivity contribution in [3.63, 3.8) is 0 Å². The van der Waals surface area contributed by atoms with Crippen molar-refractivity contribution in [3.05, 3.63) is 60.2 Å². The Balaban J connectivity index is 1.64. The monoisotopic (exact) mass is 394 g/mol. The Kier molecular flexibility index (Phi) is 6.65. The Morgan fingerprint density at radius 2 is 1.83 bits per heavy atom. The molecule has 6 nitrogen and oxygen atoms in total. The Hall–Kier alpha value is -3.15. The standard InChI is InChI=1S/C23H26N2O4/c1-16(2)29-20-12-6-8-17(14-20)21(26)18-9-7-13-25(15-18)23(28)22(27)24-19-10-4-3-5-11-19/h3-6,8,10-12,14,16,18H,7,9,13,15H2,1-2H3,(H,24,27). The lowest BCUT2D eigenvalue weighted by molar-refractivity contribution is -0.144. The van der Waals surface area contributed by atoms with Gasteiger partial charge in [0.2, 0.25) is 0 Å². The summed E-state index contributed by atoms with van der Waals surface area (Å²) in [7, 11) is 0. The molecule has 1 atom stereocenters. The van der Waals surface area contributed by atoms with Gasteiger partial charge in [-0.15, -0.1) is 0 Å². The molecule has 29 heavy (non-hydrogen) atoms. The van der Waals surface area contributed by atoms with E-state index in [1.54, 1.807) is 42.5 Å². The molecule has 0 aromatic heterocycles. The van der Waals surface area contributed by atoms with Gasteiger partial charge in [0.15, 0.2) is 5.78 Å². The van der Waals surface area contributed by atoms with Crippen LogP contribution in [0.2, 0.25) is 0 Å². The number of hydrogen-bond acceptors (Lipinski definition) is 4. The summed E-state index contributed by atoms with van der Waals surface area (Å²) >= 11 is 0. The van der Waals surface area contributed by atoms with E-state index in [2.05, 4.69) is 5.32 Å². The summed E-state index contributed by atoms with van der Waals surface area (Å²) in [6.07, 6.45) is 1.40. The van der Waals surface area contributed by atoms with Crippen molar-refractivity contribution in [3.8, 4) is 5.75 Å². The van der Waals surface area contributed by atoms with Crippen LogP contribution in [0.15, 0.2) is 54.6 Å². The Labute approximate surface area is 170 Å². The average molecular weight is 394 g/mol. The maximum Gasteiger partial charge on any atom is 0.313 e. The number of carbonyl (C=O) groups is 3. The fourth-order valence-corrected chi connectivity index (χ4v) is 3.46. The molecule has 1 aliphatic rings. The third-order valence-electron chi connectivity index (χ3n) is 4.80. The highest BCUT2D eigenvalue weighted by Crippen LogP contribution is 2.24. The number of hydrogen-bond donors (Lipinski definition) is 1. The zero-order valence-corrected chi connectivity index (χ0v) is 16.8. The van der Waals surface area contributed by atoms with Gasteiger partial charge in [0.1, 0.15) is 5.75 Å². The predicted molar refractivity (Wildman–Crippen MR) is 111 cm³/mol. The van der Waals surface area contributed by atoms with Crippen LogP contribution < -0.4 is 10.1 Å². The van der Waals surface area contributed by atoms with Crippen molar-refractivity contribution in [1.82, 2.24) is 4.90 Å². The van der Waals surface area contributed by atoms with Gasteiger partial charge in [-0.1, -0.05) is 30.3 Å². The molecule has 1 heterocycles. The van der Waals surface area contributed by atoms with Gasteiger partial charge in [0.25, 0.3) is 0 Å². The molecule has 0 saturated carbocycles. The molecule has 1 aliphatic heterocycles. The Morgan fingerprint density at radius 3 is 2.55 bits per heavy atom. The van der Waals surface area contributed by atoms with E-state index in [0.29, 0.717) is 36.4 Å². The second-order valence-corrected chi connectivity index (χ2v) is 7.47. The summed E-state index contributed by atoms with van der Waals surface area (Å²) in [5.41, 5.74) is 1.13. The highest BCUT2D eigenvalue weighted by Gasteiger charge is 2.31. The van der Waals surface area contributed by atoms with E-state index >= 15 is 0 Å². The van der Waals surface area contributed by atoms with Crippen LogP contribution in [0.4, 0.5) is 5.69 Å². The van der Waals surface area contributed by atoms with Crippen LogP contribution >= 0.6 is 0 Å². The maximum absolute atomic E-state index is 13.0. The zero-order valence-electron chi connectivity index (χ0n) is 16.8. The summed E-state index contributed by atoms with van der Waals surface area (Å²) in [6.45, 7) is 4.58. The number of ketones is 1. The van der Waals surface area contributed by atoms with Gasteiger partial charge in [-0.2, -0.15) is 0 Å². The van der Waals surface area contributed by atoms with Crippen LogP contribution in [0.25, 0.3) is 0 Å². The van der Waals surface area contributed by atoms with Crippen LogP contribution in [-0.4, -0.2) is 41.7 Å². The van der Waals surface area contributed by atoms with Crippen LogP contribution in [0.3, 0.4) is 0 Å². The fraction of sp³-hybridized carbons (Fsp3) is 0.348. The number of rotatable bonds is 5. The number of anilines is 1. The number of likely N-dealkylation sites (tertiary alicyclic amines) is 1. The summed E-state index contributed by atoms with van der Waals surface area (Å²) < 4.78 is 5.67. The van der Waals surface area contributed by atoms with Crippen molar-refractivity contribution in [2.45, 2.75) is 32.8 Å². The molecule has 1 N–H and O–H groups in total. The predicted octanol–water partition coefficient (Wildman–Crippen LogP) is 3.53. The van der Waals surface area contributed by atoms with Crippen LogP contribution in [0.1, 0.15) is 37.0 Å². The molecule has 0 aliphatic carbocycles. The topological polar surface area (TPSA) is 75.7 Å². The van der Waals surface area contributed by atoms with Crippen LogP contribution in [0, 0.1) is 5.92 Å². The van der Waals surface area contributed by atoms with E-state index in [-0.39, 0.29) is 24.3 Å². The van der Waals surface area contributed by atoms with Crippen molar-refractivity contribution in [1.29, 1.82) is 0 Å². The van der Waals surface area contributed by atoms with Gasteiger partial charge in [0, 0.05) is 30.3 Å². The number of amides is 2. The Morgan fingerprint density at radius 1 is 1.07 bits per heavy atom. The third kappa shape index (κ3) is 5.44. The number of benzene rings is 2. The zero-order chi connectivity index (χ0) is 20.8. The smallest absolute Gasteiger partial charge is 0.313 e. The molecule has 2 amide bonds. The number of para-hydroxylation sites is 1. The minimum atomic E-state index is -0.684. The van der Waals surface area contributed by atoms with Crippen LogP contribution in [-0.2, 0) is 9.59 Å².